The van der Waals surface area contributed by atoms with Crippen molar-refractivity contribution in [2.24, 2.45) is 11.3 Å². The minimum absolute atomic E-state index is 0.0424. The van der Waals surface area contributed by atoms with E-state index in [2.05, 4.69) is 32.9 Å². The van der Waals surface area contributed by atoms with E-state index in [-0.39, 0.29) is 17.5 Å². The maximum atomic E-state index is 12.4. The van der Waals surface area contributed by atoms with Crippen LogP contribution < -0.4 is 0 Å². The van der Waals surface area contributed by atoms with Crippen LogP contribution in [0.1, 0.15) is 74.7 Å². The number of rotatable bonds is 7. The summed E-state index contributed by atoms with van der Waals surface area (Å²) in [5, 5.41) is 0. The van der Waals surface area contributed by atoms with Crippen molar-refractivity contribution in [1.29, 1.82) is 0 Å². The molecule has 0 aliphatic heterocycles. The summed E-state index contributed by atoms with van der Waals surface area (Å²) < 4.78 is 17.9. The van der Waals surface area contributed by atoms with Gasteiger partial charge >= 0.3 is 7.60 Å². The molecule has 0 spiro atoms. The lowest BCUT2D eigenvalue weighted by molar-refractivity contribution is 0.0484. The van der Waals surface area contributed by atoms with Gasteiger partial charge in [0.15, 0.2) is 0 Å². The minimum atomic E-state index is -3.64. The van der Waals surface area contributed by atoms with E-state index in [4.69, 9.17) is 4.52 Å². The molecule has 1 N–H and O–H groups in total. The summed E-state index contributed by atoms with van der Waals surface area (Å²) in [5.74, 6) is 0.168. The zero-order valence-electron chi connectivity index (χ0n) is 17.3. The molecule has 1 atom stereocenters. The van der Waals surface area contributed by atoms with E-state index in [9.17, 15) is 9.46 Å². The number of hydrogen-bond acceptors (Lipinski definition) is 2. The fourth-order valence-electron chi connectivity index (χ4n) is 3.06. The predicted molar refractivity (Wildman–Crippen MR) is 108 cm³/mol. The molecule has 1 unspecified atom stereocenters. The van der Waals surface area contributed by atoms with Crippen molar-refractivity contribution in [3.05, 3.63) is 34.9 Å². The summed E-state index contributed by atoms with van der Waals surface area (Å²) in [5.41, 5.74) is 3.43. The molecule has 0 fully saturated rings. The third kappa shape index (κ3) is 6.89. The number of allylic oxidation sites excluding steroid dienone is 6. The Morgan fingerprint density at radius 2 is 2.00 bits per heavy atom. The predicted octanol–water partition coefficient (Wildman–Crippen LogP) is 6.65. The van der Waals surface area contributed by atoms with Crippen molar-refractivity contribution in [2.75, 3.05) is 6.16 Å². The Morgan fingerprint density at radius 3 is 2.52 bits per heavy atom. The molecule has 0 bridgehead atoms. The molecule has 1 rings (SSSR count). The zero-order chi connectivity index (χ0) is 19.5. The van der Waals surface area contributed by atoms with Crippen LogP contribution in [0.2, 0.25) is 0 Å². The first-order valence-corrected chi connectivity index (χ1v) is 11.1. The summed E-state index contributed by atoms with van der Waals surface area (Å²) in [4.78, 5) is 10.1. The largest absolute Gasteiger partial charge is 0.332 e. The molecule has 0 saturated carbocycles. The second kappa shape index (κ2) is 8.37. The molecule has 1 aliphatic rings. The van der Waals surface area contributed by atoms with Gasteiger partial charge in [0, 0.05) is 0 Å². The average Bonchev–Trinajstić information content (AvgIpc) is 2.42. The van der Waals surface area contributed by atoms with Crippen LogP contribution >= 0.6 is 7.60 Å². The summed E-state index contributed by atoms with van der Waals surface area (Å²) in [6, 6.07) is 0. The molecule has 144 valence electrons. The molecule has 0 aromatic carbocycles. The second-order valence-corrected chi connectivity index (χ2v) is 10.7. The molecule has 0 radical (unpaired) electrons. The van der Waals surface area contributed by atoms with E-state index in [1.807, 2.05) is 34.6 Å². The first kappa shape index (κ1) is 22.4. The Bertz CT molecular complexity index is 607. The molecule has 0 aromatic rings. The zero-order valence-corrected chi connectivity index (χ0v) is 18.2. The van der Waals surface area contributed by atoms with Crippen LogP contribution in [0.25, 0.3) is 0 Å². The summed E-state index contributed by atoms with van der Waals surface area (Å²) >= 11 is 0. The van der Waals surface area contributed by atoms with E-state index < -0.39 is 13.2 Å². The van der Waals surface area contributed by atoms with Crippen LogP contribution in [0, 0.1) is 11.3 Å². The lowest BCUT2D eigenvalue weighted by atomic mass is 9.72. The molecule has 25 heavy (non-hydrogen) atoms. The highest BCUT2D eigenvalue weighted by atomic mass is 31.2. The molecule has 0 saturated heterocycles. The monoisotopic (exact) mass is 368 g/mol. The maximum Gasteiger partial charge on any atom is 0.332 e. The Labute approximate surface area is 154 Å². The van der Waals surface area contributed by atoms with Crippen LogP contribution in [-0.2, 0) is 9.09 Å². The van der Waals surface area contributed by atoms with Gasteiger partial charge in [-0.3, -0.25) is 4.57 Å². The second-order valence-electron chi connectivity index (χ2n) is 8.88. The minimum Gasteiger partial charge on any atom is -0.324 e. The molecule has 4 heteroatoms. The number of hydrogen-bond donors (Lipinski definition) is 1. The van der Waals surface area contributed by atoms with E-state index in [0.29, 0.717) is 0 Å². The van der Waals surface area contributed by atoms with Crippen molar-refractivity contribution >= 4 is 7.60 Å². The van der Waals surface area contributed by atoms with Gasteiger partial charge in [-0.25, -0.2) is 0 Å². The lowest BCUT2D eigenvalue weighted by Crippen LogP contribution is -2.30. The smallest absolute Gasteiger partial charge is 0.324 e. The first-order valence-electron chi connectivity index (χ1n) is 9.34. The van der Waals surface area contributed by atoms with Gasteiger partial charge in [-0.05, 0) is 63.9 Å². The molecular formula is C21H37O3P. The highest BCUT2D eigenvalue weighted by Gasteiger charge is 2.32. The first-order chi connectivity index (χ1) is 11.3. The Balaban J connectivity index is 2.80. The Kier molecular flexibility index (Phi) is 7.51. The van der Waals surface area contributed by atoms with Gasteiger partial charge in [-0.15, -0.1) is 0 Å². The van der Waals surface area contributed by atoms with Crippen molar-refractivity contribution in [3.8, 4) is 0 Å². The topological polar surface area (TPSA) is 46.5 Å². The molecular weight excluding hydrogens is 331 g/mol. The molecule has 0 heterocycles. The van der Waals surface area contributed by atoms with Gasteiger partial charge in [-0.2, -0.15) is 0 Å². The Hall–Kier alpha value is -0.630. The normalized spacial score (nSPS) is 21.9. The van der Waals surface area contributed by atoms with Crippen molar-refractivity contribution in [1.82, 2.24) is 0 Å². The van der Waals surface area contributed by atoms with Crippen LogP contribution in [-0.4, -0.2) is 16.7 Å². The third-order valence-electron chi connectivity index (χ3n) is 5.47. The Morgan fingerprint density at radius 1 is 1.40 bits per heavy atom. The third-order valence-corrected chi connectivity index (χ3v) is 6.87. The molecule has 3 nitrogen and oxygen atoms in total. The van der Waals surface area contributed by atoms with Crippen molar-refractivity contribution in [3.63, 3.8) is 0 Å². The lowest BCUT2D eigenvalue weighted by Gasteiger charge is -2.33. The van der Waals surface area contributed by atoms with Gasteiger partial charge in [0.1, 0.15) is 0 Å². The van der Waals surface area contributed by atoms with E-state index >= 15 is 0 Å². The van der Waals surface area contributed by atoms with Gasteiger partial charge in [-0.1, -0.05) is 57.1 Å². The van der Waals surface area contributed by atoms with Crippen molar-refractivity contribution in [2.45, 2.75) is 80.3 Å². The highest BCUT2D eigenvalue weighted by molar-refractivity contribution is 7.53. The molecule has 1 aliphatic carbocycles. The highest BCUT2D eigenvalue weighted by Crippen LogP contribution is 2.48. The SMILES string of the molecule is CC(C=CC1=C(C)CCCC1(C)C)=CCP(=O)(O)OC(C)(C)C(C)C. The van der Waals surface area contributed by atoms with Gasteiger partial charge in [0.05, 0.1) is 11.8 Å². The van der Waals surface area contributed by atoms with Crippen molar-refractivity contribution < 1.29 is 14.0 Å². The standard InChI is InChI=1S/C21H37O3P/c1-16(2)21(7,8)24-25(22,23)15-13-17(3)11-12-19-18(4)10-9-14-20(19,5)6/h11-13,16H,9-10,14-15H2,1-8H3,(H,22,23). The van der Waals surface area contributed by atoms with Crippen LogP contribution in [0.3, 0.4) is 0 Å². The molecule has 0 amide bonds. The van der Waals surface area contributed by atoms with Gasteiger partial charge in [0.2, 0.25) is 0 Å². The van der Waals surface area contributed by atoms with E-state index in [1.165, 1.54) is 24.0 Å². The summed E-state index contributed by atoms with van der Waals surface area (Å²) in [7, 11) is -3.64. The van der Waals surface area contributed by atoms with Gasteiger partial charge < -0.3 is 9.42 Å². The van der Waals surface area contributed by atoms with Crippen LogP contribution in [0.5, 0.6) is 0 Å². The average molecular weight is 368 g/mol. The van der Waals surface area contributed by atoms with Gasteiger partial charge in [0.25, 0.3) is 0 Å². The maximum absolute atomic E-state index is 12.4. The van der Waals surface area contributed by atoms with Crippen LogP contribution in [0.4, 0.5) is 0 Å². The summed E-state index contributed by atoms with van der Waals surface area (Å²) in [6.07, 6.45) is 9.70. The fraction of sp³-hybridized carbons (Fsp3) is 0.714. The quantitative estimate of drug-likeness (QED) is 0.404. The van der Waals surface area contributed by atoms with E-state index in [0.717, 1.165) is 12.0 Å². The summed E-state index contributed by atoms with van der Waals surface area (Å²) in [6.45, 7) is 16.5. The molecule has 0 aromatic heterocycles. The van der Waals surface area contributed by atoms with E-state index in [1.54, 1.807) is 6.08 Å². The van der Waals surface area contributed by atoms with Crippen LogP contribution in [0.15, 0.2) is 34.9 Å². The fourth-order valence-corrected chi connectivity index (χ4v) is 4.60.